The third kappa shape index (κ3) is 5.45. The van der Waals surface area contributed by atoms with Crippen molar-refractivity contribution < 1.29 is 24.7 Å². The Morgan fingerprint density at radius 2 is 1.66 bits per heavy atom. The summed E-state index contributed by atoms with van der Waals surface area (Å²) in [6.45, 7) is 16.2. The van der Waals surface area contributed by atoms with Gasteiger partial charge in [0.15, 0.2) is 0 Å². The molecule has 2 aliphatic rings. The van der Waals surface area contributed by atoms with Gasteiger partial charge in [-0.15, -0.1) is 41.5 Å². The maximum atomic E-state index is 4.22. The van der Waals surface area contributed by atoms with Crippen molar-refractivity contribution in [3.05, 3.63) is 103 Å². The molecule has 3 nitrogen and oxygen atoms in total. The Morgan fingerprint density at radius 1 is 0.902 bits per heavy atom. The van der Waals surface area contributed by atoms with Crippen LogP contribution in [0.3, 0.4) is 0 Å². The van der Waals surface area contributed by atoms with E-state index in [0.29, 0.717) is 0 Å². The second kappa shape index (κ2) is 10.8. The Kier molecular flexibility index (Phi) is 7.87. The standard InChI is InChI=1S/C25H29N2S.C11H8N.Ir/c1-23(2,3)27-15-26-19-13-16-17(25(6,7)12-11-24(16,4)5)14-21(19)28-20-10-8-9-18(27)22(20)26;1-2-6-10(7-3-1)11-8-4-5-9-12-11;/h8-10,14H,11-12H2,1-7H3;1-6,8-9H;/q2*-1;+3. The van der Waals surface area contributed by atoms with Gasteiger partial charge in [-0.1, -0.05) is 74.8 Å². The van der Waals surface area contributed by atoms with Gasteiger partial charge in [-0.25, -0.2) is 0 Å². The minimum absolute atomic E-state index is 0. The van der Waals surface area contributed by atoms with E-state index in [1.807, 2.05) is 54.2 Å². The maximum Gasteiger partial charge on any atom is 3.00 e. The van der Waals surface area contributed by atoms with Crippen molar-refractivity contribution in [2.45, 2.75) is 87.5 Å². The molecule has 0 amide bonds. The van der Waals surface area contributed by atoms with Crippen LogP contribution in [0.15, 0.2) is 82.7 Å². The van der Waals surface area contributed by atoms with Crippen LogP contribution >= 0.6 is 11.8 Å². The molecule has 0 atom stereocenters. The second-order valence-electron chi connectivity index (χ2n) is 13.2. The molecule has 0 unspecified atom stereocenters. The normalized spacial score (nSPS) is 16.1. The molecule has 41 heavy (non-hydrogen) atoms. The Hall–Kier alpha value is -2.72. The minimum Gasteiger partial charge on any atom is -0.340 e. The van der Waals surface area contributed by atoms with E-state index in [0.717, 1.165) is 11.3 Å². The zero-order valence-electron chi connectivity index (χ0n) is 24.9. The number of hydrogen-bond donors (Lipinski definition) is 0. The van der Waals surface area contributed by atoms with E-state index in [-0.39, 0.29) is 36.5 Å². The first kappa shape index (κ1) is 29.8. The summed E-state index contributed by atoms with van der Waals surface area (Å²) in [7, 11) is 0. The molecule has 0 N–H and O–H groups in total. The molecule has 3 aromatic carbocycles. The van der Waals surface area contributed by atoms with Crippen LogP contribution in [0, 0.1) is 18.5 Å². The number of aromatic nitrogens is 3. The Balaban J connectivity index is 0.000000218. The fourth-order valence-electron chi connectivity index (χ4n) is 5.78. The summed E-state index contributed by atoms with van der Waals surface area (Å²) in [5.74, 6) is 0. The summed E-state index contributed by atoms with van der Waals surface area (Å²) < 4.78 is 4.55. The van der Waals surface area contributed by atoms with Crippen LogP contribution < -0.4 is 4.57 Å². The Bertz CT molecular complexity index is 1660. The van der Waals surface area contributed by atoms with Gasteiger partial charge < -0.3 is 14.1 Å². The molecule has 0 radical (unpaired) electrons. The summed E-state index contributed by atoms with van der Waals surface area (Å²) in [5, 5.41) is 0. The molecular weight excluding hydrogens is 699 g/mol. The molecule has 1 aliphatic carbocycles. The van der Waals surface area contributed by atoms with Crippen LogP contribution in [0.2, 0.25) is 0 Å². The molecule has 0 spiro atoms. The molecule has 0 fully saturated rings. The quantitative estimate of drug-likeness (QED) is 0.125. The number of hydrogen-bond acceptors (Lipinski definition) is 2. The van der Waals surface area contributed by atoms with E-state index < -0.39 is 0 Å². The molecule has 1 aliphatic heterocycles. The van der Waals surface area contributed by atoms with Crippen molar-refractivity contribution in [3.8, 4) is 16.9 Å². The minimum atomic E-state index is -0.0211. The summed E-state index contributed by atoms with van der Waals surface area (Å²) in [6.07, 6.45) is 7.89. The van der Waals surface area contributed by atoms with E-state index >= 15 is 0 Å². The van der Waals surface area contributed by atoms with Crippen LogP contribution in [0.1, 0.15) is 72.4 Å². The third-order valence-electron chi connectivity index (χ3n) is 8.21. The van der Waals surface area contributed by atoms with E-state index in [1.165, 1.54) is 50.5 Å². The zero-order valence-corrected chi connectivity index (χ0v) is 28.1. The number of rotatable bonds is 1. The second-order valence-corrected chi connectivity index (χ2v) is 14.3. The molecule has 0 saturated heterocycles. The zero-order chi connectivity index (χ0) is 28.3. The molecule has 5 heteroatoms. The first-order chi connectivity index (χ1) is 19.0. The summed E-state index contributed by atoms with van der Waals surface area (Å²) >= 11 is 1.89. The van der Waals surface area contributed by atoms with Crippen LogP contribution in [-0.4, -0.2) is 9.55 Å². The number of fused-ring (bicyclic) bond motifs is 3. The van der Waals surface area contributed by atoms with Crippen LogP contribution in [0.5, 0.6) is 0 Å². The van der Waals surface area contributed by atoms with Crippen molar-refractivity contribution in [1.29, 1.82) is 0 Å². The summed E-state index contributed by atoms with van der Waals surface area (Å²) in [4.78, 5) is 6.83. The smallest absolute Gasteiger partial charge is 0.340 e. The van der Waals surface area contributed by atoms with Crippen LogP contribution in [0.25, 0.3) is 28.0 Å². The van der Waals surface area contributed by atoms with Gasteiger partial charge in [0.2, 0.25) is 6.33 Å². The van der Waals surface area contributed by atoms with Crippen molar-refractivity contribution >= 4 is 22.8 Å². The SMILES string of the molecule is CC1(C)CCC(C)(C)c2cc3c([c-]c21)-[n+]1[c-]n(C(C)(C)C)c2cccc(c21)S3.[Ir+3].[c-]1ccccc1-c1ccccn1. The van der Waals surface area contributed by atoms with Gasteiger partial charge in [-0.2, -0.15) is 29.5 Å². The monoisotopic (exact) mass is 736 g/mol. The van der Waals surface area contributed by atoms with E-state index in [2.05, 4.69) is 105 Å². The topological polar surface area (TPSA) is 21.7 Å². The average Bonchev–Trinajstić information content (AvgIpc) is 3.34. The Morgan fingerprint density at radius 3 is 2.34 bits per heavy atom. The summed E-state index contributed by atoms with van der Waals surface area (Å²) in [5.41, 5.74) is 8.89. The predicted molar refractivity (Wildman–Crippen MR) is 164 cm³/mol. The number of imidazole rings is 1. The van der Waals surface area contributed by atoms with Crippen LogP contribution in [-0.2, 0) is 36.5 Å². The average molecular weight is 736 g/mol. The van der Waals surface area contributed by atoms with E-state index in [9.17, 15) is 0 Å². The summed E-state index contributed by atoms with van der Waals surface area (Å²) in [6, 6.07) is 29.8. The van der Waals surface area contributed by atoms with E-state index in [1.54, 1.807) is 6.20 Å². The molecule has 0 saturated carbocycles. The Labute approximate surface area is 262 Å². The molecule has 0 bridgehead atoms. The largest absolute Gasteiger partial charge is 3.00 e. The van der Waals surface area contributed by atoms with Gasteiger partial charge in [0.1, 0.15) is 0 Å². The first-order valence-electron chi connectivity index (χ1n) is 14.1. The molecule has 3 heterocycles. The maximum absolute atomic E-state index is 4.22. The third-order valence-corrected chi connectivity index (χ3v) is 9.29. The molecule has 210 valence electrons. The number of benzene rings is 3. The van der Waals surface area contributed by atoms with Gasteiger partial charge in [-0.3, -0.25) is 0 Å². The van der Waals surface area contributed by atoms with Gasteiger partial charge in [0, 0.05) is 6.20 Å². The van der Waals surface area contributed by atoms with Gasteiger partial charge in [-0.05, 0) is 55.0 Å². The number of para-hydroxylation sites is 1. The fourth-order valence-corrected chi connectivity index (χ4v) is 6.88. The molecule has 7 rings (SSSR count). The van der Waals surface area contributed by atoms with Crippen molar-refractivity contribution in [3.63, 3.8) is 0 Å². The van der Waals surface area contributed by atoms with Crippen molar-refractivity contribution in [2.24, 2.45) is 0 Å². The number of pyridine rings is 1. The molecule has 5 aromatic rings. The van der Waals surface area contributed by atoms with Gasteiger partial charge in [0.05, 0.1) is 16.6 Å². The first-order valence-corrected chi connectivity index (χ1v) is 14.9. The van der Waals surface area contributed by atoms with Crippen LogP contribution in [0.4, 0.5) is 0 Å². The van der Waals surface area contributed by atoms with Crippen molar-refractivity contribution in [2.75, 3.05) is 0 Å². The van der Waals surface area contributed by atoms with Crippen molar-refractivity contribution in [1.82, 2.24) is 9.55 Å². The fraction of sp³-hybridized carbons (Fsp3) is 0.333. The number of nitrogens with zero attached hydrogens (tertiary/aromatic N) is 3. The van der Waals surface area contributed by atoms with E-state index in [4.69, 9.17) is 0 Å². The van der Waals surface area contributed by atoms with Gasteiger partial charge >= 0.3 is 20.1 Å². The molecular formula is C36H37IrN3S+. The molecule has 2 aromatic heterocycles. The predicted octanol–water partition coefficient (Wildman–Crippen LogP) is 8.63. The van der Waals surface area contributed by atoms with Gasteiger partial charge in [0.25, 0.3) is 0 Å².